The van der Waals surface area contributed by atoms with Gasteiger partial charge >= 0.3 is 6.09 Å². The molecular weight excluding hydrogens is 454 g/mol. The van der Waals surface area contributed by atoms with Crippen molar-refractivity contribution >= 4 is 29.3 Å². The van der Waals surface area contributed by atoms with Gasteiger partial charge in [0.25, 0.3) is 0 Å². The Bertz CT molecular complexity index is 1060. The summed E-state index contributed by atoms with van der Waals surface area (Å²) in [5.74, 6) is 0.348. The van der Waals surface area contributed by atoms with E-state index in [9.17, 15) is 4.79 Å². The van der Waals surface area contributed by atoms with Crippen molar-refractivity contribution in [2.75, 3.05) is 26.1 Å². The standard InChI is InChI=1S/C24H23Cl2FN2O3/c1-31-21-8-6-18(23(27)22(21)17-3-2-4-19(26)14-17)13-16-5-7-20(29-15-16)9-11-28-24(30)32-12-10-25/h2-8,14-15H,9-13H2,1H3,(H,28,30). The molecule has 1 N–H and O–H groups in total. The first-order valence-corrected chi connectivity index (χ1v) is 10.9. The van der Waals surface area contributed by atoms with Crippen LogP contribution in [0.3, 0.4) is 0 Å². The monoisotopic (exact) mass is 476 g/mol. The highest BCUT2D eigenvalue weighted by Crippen LogP contribution is 2.36. The zero-order valence-electron chi connectivity index (χ0n) is 17.5. The van der Waals surface area contributed by atoms with Crippen molar-refractivity contribution in [3.63, 3.8) is 0 Å². The molecule has 3 rings (SSSR count). The number of alkyl halides is 1. The van der Waals surface area contributed by atoms with Crippen LogP contribution in [0, 0.1) is 5.82 Å². The van der Waals surface area contributed by atoms with Crippen molar-refractivity contribution in [3.05, 3.63) is 82.4 Å². The van der Waals surface area contributed by atoms with Gasteiger partial charge in [-0.3, -0.25) is 4.98 Å². The van der Waals surface area contributed by atoms with E-state index in [2.05, 4.69) is 10.3 Å². The molecule has 5 nitrogen and oxygen atoms in total. The third kappa shape index (κ3) is 6.34. The summed E-state index contributed by atoms with van der Waals surface area (Å²) in [6.45, 7) is 0.560. The Labute approximate surface area is 196 Å². The number of ether oxygens (including phenoxy) is 2. The lowest BCUT2D eigenvalue weighted by Gasteiger charge is -2.14. The van der Waals surface area contributed by atoms with Crippen molar-refractivity contribution in [3.8, 4) is 16.9 Å². The molecule has 32 heavy (non-hydrogen) atoms. The lowest BCUT2D eigenvalue weighted by molar-refractivity contribution is 0.153. The predicted molar refractivity (Wildman–Crippen MR) is 124 cm³/mol. The van der Waals surface area contributed by atoms with Gasteiger partial charge in [0.15, 0.2) is 0 Å². The fourth-order valence-electron chi connectivity index (χ4n) is 3.22. The molecule has 0 aliphatic rings. The molecule has 0 bridgehead atoms. The molecule has 0 saturated heterocycles. The summed E-state index contributed by atoms with van der Waals surface area (Å²) in [4.78, 5) is 15.8. The number of carbonyl (C=O) groups is 1. The lowest BCUT2D eigenvalue weighted by atomic mass is 9.97. The number of halogens is 3. The fraction of sp³-hybridized carbons (Fsp3) is 0.250. The number of aromatic nitrogens is 1. The minimum Gasteiger partial charge on any atom is -0.496 e. The number of pyridine rings is 1. The van der Waals surface area contributed by atoms with E-state index in [-0.39, 0.29) is 18.3 Å². The van der Waals surface area contributed by atoms with Crippen molar-refractivity contribution in [1.29, 1.82) is 0 Å². The van der Waals surface area contributed by atoms with Crippen LogP contribution in [0.1, 0.15) is 16.8 Å². The van der Waals surface area contributed by atoms with Gasteiger partial charge < -0.3 is 14.8 Å². The van der Waals surface area contributed by atoms with Gasteiger partial charge in [-0.1, -0.05) is 35.9 Å². The Kier molecular flexibility index (Phi) is 8.71. The van der Waals surface area contributed by atoms with E-state index >= 15 is 4.39 Å². The summed E-state index contributed by atoms with van der Waals surface area (Å²) in [5.41, 5.74) is 3.23. The first kappa shape index (κ1) is 23.8. The van der Waals surface area contributed by atoms with Crippen molar-refractivity contribution in [2.24, 2.45) is 0 Å². The zero-order valence-corrected chi connectivity index (χ0v) is 19.0. The maximum atomic E-state index is 15.4. The average Bonchev–Trinajstić information content (AvgIpc) is 2.80. The Morgan fingerprint density at radius 3 is 2.72 bits per heavy atom. The van der Waals surface area contributed by atoms with Crippen molar-refractivity contribution < 1.29 is 18.7 Å². The summed E-state index contributed by atoms with van der Waals surface area (Å²) in [5, 5.41) is 3.16. The maximum absolute atomic E-state index is 15.4. The molecule has 0 radical (unpaired) electrons. The third-order valence-electron chi connectivity index (χ3n) is 4.76. The molecule has 0 spiro atoms. The van der Waals surface area contributed by atoms with Gasteiger partial charge in [0.05, 0.1) is 18.6 Å². The molecule has 0 saturated carbocycles. The highest BCUT2D eigenvalue weighted by Gasteiger charge is 2.17. The van der Waals surface area contributed by atoms with E-state index in [4.69, 9.17) is 32.7 Å². The first-order chi connectivity index (χ1) is 15.5. The second kappa shape index (κ2) is 11.7. The Balaban J connectivity index is 1.69. The minimum absolute atomic E-state index is 0.168. The summed E-state index contributed by atoms with van der Waals surface area (Å²) >= 11 is 11.6. The van der Waals surface area contributed by atoms with Crippen LogP contribution in [-0.4, -0.2) is 37.2 Å². The molecular formula is C24H23Cl2FN2O3. The Morgan fingerprint density at radius 1 is 1.19 bits per heavy atom. The highest BCUT2D eigenvalue weighted by molar-refractivity contribution is 6.30. The summed E-state index contributed by atoms with van der Waals surface area (Å²) in [7, 11) is 1.51. The van der Waals surface area contributed by atoms with Gasteiger partial charge in [0, 0.05) is 36.3 Å². The van der Waals surface area contributed by atoms with Gasteiger partial charge in [-0.15, -0.1) is 11.6 Å². The fourth-order valence-corrected chi connectivity index (χ4v) is 3.49. The number of rotatable bonds is 9. The summed E-state index contributed by atoms with van der Waals surface area (Å²) in [6, 6.07) is 14.3. The highest BCUT2D eigenvalue weighted by atomic mass is 35.5. The number of hydrogen-bond acceptors (Lipinski definition) is 4. The summed E-state index contributed by atoms with van der Waals surface area (Å²) in [6.07, 6.45) is 2.13. The topological polar surface area (TPSA) is 60.5 Å². The molecule has 1 amide bonds. The van der Waals surface area contributed by atoms with Crippen LogP contribution >= 0.6 is 23.2 Å². The molecule has 168 valence electrons. The SMILES string of the molecule is COc1ccc(Cc2ccc(CCNC(=O)OCCCl)nc2)c(F)c1-c1cccc(Cl)c1. The van der Waals surface area contributed by atoms with Gasteiger partial charge in [0.1, 0.15) is 18.2 Å². The molecule has 1 aromatic heterocycles. The van der Waals surface area contributed by atoms with Gasteiger partial charge in [0.2, 0.25) is 0 Å². The second-order valence-corrected chi connectivity index (χ2v) is 7.78. The number of amides is 1. The molecule has 0 atom stereocenters. The van der Waals surface area contributed by atoms with Crippen LogP contribution in [0.5, 0.6) is 5.75 Å². The van der Waals surface area contributed by atoms with E-state index in [1.54, 1.807) is 42.6 Å². The van der Waals surface area contributed by atoms with Crippen molar-refractivity contribution in [1.82, 2.24) is 10.3 Å². The number of benzene rings is 2. The smallest absolute Gasteiger partial charge is 0.407 e. The molecule has 3 aromatic rings. The molecule has 0 aliphatic carbocycles. The van der Waals surface area contributed by atoms with E-state index in [1.807, 2.05) is 12.1 Å². The van der Waals surface area contributed by atoms with Crippen LogP contribution in [0.25, 0.3) is 11.1 Å². The van der Waals surface area contributed by atoms with Crippen molar-refractivity contribution in [2.45, 2.75) is 12.8 Å². The van der Waals surface area contributed by atoms with E-state index in [0.29, 0.717) is 46.8 Å². The lowest BCUT2D eigenvalue weighted by Crippen LogP contribution is -2.27. The van der Waals surface area contributed by atoms with E-state index in [1.165, 1.54) is 7.11 Å². The predicted octanol–water partition coefficient (Wildman–Crippen LogP) is 5.65. The van der Waals surface area contributed by atoms with Gasteiger partial charge in [-0.05, 0) is 41.0 Å². The quantitative estimate of drug-likeness (QED) is 0.405. The van der Waals surface area contributed by atoms with Crippen LogP contribution in [0.15, 0.2) is 54.7 Å². The number of carbonyl (C=O) groups excluding carboxylic acids is 1. The zero-order chi connectivity index (χ0) is 22.9. The van der Waals surface area contributed by atoms with E-state index < -0.39 is 6.09 Å². The number of hydrogen-bond donors (Lipinski definition) is 1. The largest absolute Gasteiger partial charge is 0.496 e. The van der Waals surface area contributed by atoms with Crippen LogP contribution in [0.2, 0.25) is 5.02 Å². The molecule has 2 aromatic carbocycles. The molecule has 1 heterocycles. The van der Waals surface area contributed by atoms with Gasteiger partial charge in [-0.2, -0.15) is 0 Å². The maximum Gasteiger partial charge on any atom is 0.407 e. The summed E-state index contributed by atoms with van der Waals surface area (Å²) < 4.78 is 25.6. The third-order valence-corrected chi connectivity index (χ3v) is 5.15. The molecule has 0 fully saturated rings. The second-order valence-electron chi connectivity index (χ2n) is 6.96. The van der Waals surface area contributed by atoms with Crippen LogP contribution in [0.4, 0.5) is 9.18 Å². The Morgan fingerprint density at radius 2 is 2.03 bits per heavy atom. The number of methoxy groups -OCH3 is 1. The molecule has 0 unspecified atom stereocenters. The van der Waals surface area contributed by atoms with E-state index in [0.717, 1.165) is 11.3 Å². The number of nitrogens with zero attached hydrogens (tertiary/aromatic N) is 1. The number of nitrogens with one attached hydrogen (secondary N) is 1. The average molecular weight is 477 g/mol. The normalized spacial score (nSPS) is 10.6. The number of alkyl carbamates (subject to hydrolysis) is 1. The minimum atomic E-state index is -0.507. The Hall–Kier alpha value is -2.83. The van der Waals surface area contributed by atoms with Crippen LogP contribution < -0.4 is 10.1 Å². The molecule has 8 heteroatoms. The molecule has 0 aliphatic heterocycles. The van der Waals surface area contributed by atoms with Gasteiger partial charge in [-0.25, -0.2) is 9.18 Å². The van der Waals surface area contributed by atoms with Crippen LogP contribution in [-0.2, 0) is 17.6 Å². The first-order valence-electron chi connectivity index (χ1n) is 10.0.